The summed E-state index contributed by atoms with van der Waals surface area (Å²) < 4.78 is 0. The predicted molar refractivity (Wildman–Crippen MR) is 84.2 cm³/mol. The smallest absolute Gasteiger partial charge is 0.323 e. The van der Waals surface area contributed by atoms with Crippen molar-refractivity contribution < 1.29 is 9.59 Å². The maximum Gasteiger partial charge on any atom is 0.325 e. The van der Waals surface area contributed by atoms with Gasteiger partial charge in [-0.1, -0.05) is 42.5 Å². The lowest BCUT2D eigenvalue weighted by Crippen LogP contribution is -2.46. The molecule has 22 heavy (non-hydrogen) atoms. The van der Waals surface area contributed by atoms with Crippen LogP contribution in [0.15, 0.2) is 42.5 Å². The van der Waals surface area contributed by atoms with Gasteiger partial charge in [0.25, 0.3) is 5.91 Å². The molecular weight excluding hydrogens is 276 g/mol. The van der Waals surface area contributed by atoms with Crippen LogP contribution < -0.4 is 5.32 Å². The minimum atomic E-state index is -0.707. The fraction of sp³-hybridized carbons (Fsp3) is 0.333. The molecule has 1 atom stereocenters. The Kier molecular flexibility index (Phi) is 2.76. The molecule has 1 saturated heterocycles. The van der Waals surface area contributed by atoms with Crippen LogP contribution in [0, 0.1) is 5.92 Å². The maximum absolute atomic E-state index is 12.7. The lowest BCUT2D eigenvalue weighted by molar-refractivity contribution is -0.131. The molecule has 1 unspecified atom stereocenters. The molecule has 0 bridgehead atoms. The van der Waals surface area contributed by atoms with Gasteiger partial charge < -0.3 is 5.32 Å². The third-order valence-corrected chi connectivity index (χ3v) is 4.90. The van der Waals surface area contributed by atoms with Crippen molar-refractivity contribution in [2.24, 2.45) is 5.92 Å². The van der Waals surface area contributed by atoms with Crippen molar-refractivity contribution in [1.82, 2.24) is 10.2 Å². The first kappa shape index (κ1) is 13.3. The van der Waals surface area contributed by atoms with E-state index in [1.54, 1.807) is 0 Å². The number of rotatable bonds is 3. The van der Waals surface area contributed by atoms with Gasteiger partial charge in [0.1, 0.15) is 5.54 Å². The minimum Gasteiger partial charge on any atom is -0.323 e. The Hall–Kier alpha value is -2.36. The lowest BCUT2D eigenvalue weighted by atomic mass is 9.96. The summed E-state index contributed by atoms with van der Waals surface area (Å²) in [6.45, 7) is 2.18. The molecule has 1 saturated carbocycles. The molecule has 4 rings (SSSR count). The highest BCUT2D eigenvalue weighted by atomic mass is 16.2. The molecule has 4 nitrogen and oxygen atoms in total. The van der Waals surface area contributed by atoms with Crippen LogP contribution in [0.25, 0.3) is 10.8 Å². The zero-order chi connectivity index (χ0) is 15.3. The Labute approximate surface area is 129 Å². The number of carbonyl (C=O) groups is 2. The van der Waals surface area contributed by atoms with Gasteiger partial charge in [-0.25, -0.2) is 4.79 Å². The average Bonchev–Trinajstić information content (AvgIpc) is 3.34. The molecule has 0 aromatic heterocycles. The molecule has 2 aromatic carbocycles. The Bertz CT molecular complexity index is 776. The third-order valence-electron chi connectivity index (χ3n) is 4.90. The maximum atomic E-state index is 12.7. The second-order valence-electron chi connectivity index (χ2n) is 6.44. The SMILES string of the molecule is CC1(C2CC2)NC(=O)N(Cc2cccc3ccccc23)C1=O. The highest BCUT2D eigenvalue weighted by Gasteiger charge is 2.55. The molecule has 2 aliphatic rings. The van der Waals surface area contributed by atoms with E-state index in [0.29, 0.717) is 12.5 Å². The van der Waals surface area contributed by atoms with Crippen LogP contribution in [0.2, 0.25) is 0 Å². The lowest BCUT2D eigenvalue weighted by Gasteiger charge is -2.21. The molecule has 4 heteroatoms. The van der Waals surface area contributed by atoms with Gasteiger partial charge >= 0.3 is 6.03 Å². The summed E-state index contributed by atoms with van der Waals surface area (Å²) in [4.78, 5) is 26.3. The van der Waals surface area contributed by atoms with Gasteiger partial charge in [0.15, 0.2) is 0 Å². The summed E-state index contributed by atoms with van der Waals surface area (Å²) in [5.74, 6) is 0.203. The standard InChI is InChI=1S/C18H18N2O2/c1-18(14-9-10-14)16(21)20(17(22)19-18)11-13-7-4-6-12-5-2-3-8-15(12)13/h2-8,14H,9-11H2,1H3,(H,19,22). The number of hydrogen-bond acceptors (Lipinski definition) is 2. The third kappa shape index (κ3) is 1.90. The van der Waals surface area contributed by atoms with E-state index < -0.39 is 5.54 Å². The quantitative estimate of drug-likeness (QED) is 0.884. The summed E-state index contributed by atoms with van der Waals surface area (Å²) in [5, 5.41) is 5.11. The Morgan fingerprint density at radius 2 is 1.86 bits per heavy atom. The van der Waals surface area contributed by atoms with Crippen molar-refractivity contribution in [3.63, 3.8) is 0 Å². The number of urea groups is 1. The highest BCUT2D eigenvalue weighted by molar-refractivity contribution is 6.07. The molecule has 1 aliphatic carbocycles. The number of imide groups is 1. The van der Waals surface area contributed by atoms with Crippen LogP contribution in [-0.2, 0) is 11.3 Å². The fourth-order valence-electron chi connectivity index (χ4n) is 3.40. The van der Waals surface area contributed by atoms with E-state index in [0.717, 1.165) is 29.2 Å². The molecule has 2 fully saturated rings. The normalized spacial score (nSPS) is 24.9. The fourth-order valence-corrected chi connectivity index (χ4v) is 3.40. The summed E-state index contributed by atoms with van der Waals surface area (Å²) in [6, 6.07) is 13.8. The second-order valence-corrected chi connectivity index (χ2v) is 6.44. The first-order valence-corrected chi connectivity index (χ1v) is 7.70. The predicted octanol–water partition coefficient (Wildman–Crippen LogP) is 3.06. The second kappa shape index (κ2) is 4.57. The van der Waals surface area contributed by atoms with Crippen LogP contribution in [0.4, 0.5) is 4.79 Å². The topological polar surface area (TPSA) is 49.4 Å². The zero-order valence-corrected chi connectivity index (χ0v) is 12.5. The monoisotopic (exact) mass is 294 g/mol. The van der Waals surface area contributed by atoms with Gasteiger partial charge in [-0.15, -0.1) is 0 Å². The Morgan fingerprint density at radius 3 is 2.64 bits per heavy atom. The minimum absolute atomic E-state index is 0.0899. The van der Waals surface area contributed by atoms with Crippen molar-refractivity contribution >= 4 is 22.7 Å². The van der Waals surface area contributed by atoms with Crippen molar-refractivity contribution in [1.29, 1.82) is 0 Å². The number of fused-ring (bicyclic) bond motifs is 1. The zero-order valence-electron chi connectivity index (χ0n) is 12.5. The molecule has 1 heterocycles. The van der Waals surface area contributed by atoms with Crippen molar-refractivity contribution in [3.8, 4) is 0 Å². The highest BCUT2D eigenvalue weighted by Crippen LogP contribution is 2.43. The van der Waals surface area contributed by atoms with E-state index in [9.17, 15) is 9.59 Å². The van der Waals surface area contributed by atoms with Gasteiger partial charge in [0, 0.05) is 0 Å². The van der Waals surface area contributed by atoms with E-state index in [1.807, 2.05) is 49.4 Å². The molecule has 1 aliphatic heterocycles. The number of amides is 3. The number of benzene rings is 2. The van der Waals surface area contributed by atoms with Crippen molar-refractivity contribution in [2.75, 3.05) is 0 Å². The van der Waals surface area contributed by atoms with Crippen molar-refractivity contribution in [3.05, 3.63) is 48.0 Å². The molecule has 1 N–H and O–H groups in total. The number of hydrogen-bond donors (Lipinski definition) is 1. The first-order chi connectivity index (χ1) is 10.6. The molecule has 2 aromatic rings. The van der Waals surface area contributed by atoms with Crippen LogP contribution in [0.3, 0.4) is 0 Å². The molecule has 0 radical (unpaired) electrons. The largest absolute Gasteiger partial charge is 0.325 e. The van der Waals surface area contributed by atoms with Crippen LogP contribution in [0.5, 0.6) is 0 Å². The number of nitrogens with zero attached hydrogens (tertiary/aromatic N) is 1. The first-order valence-electron chi connectivity index (χ1n) is 7.70. The van der Waals surface area contributed by atoms with Crippen molar-refractivity contribution in [2.45, 2.75) is 31.8 Å². The Balaban J connectivity index is 1.68. The Morgan fingerprint density at radius 1 is 1.14 bits per heavy atom. The molecule has 3 amide bonds. The summed E-state index contributed by atoms with van der Waals surface area (Å²) in [7, 11) is 0. The van der Waals surface area contributed by atoms with Gasteiger partial charge in [0.05, 0.1) is 6.54 Å². The van der Waals surface area contributed by atoms with E-state index in [4.69, 9.17) is 0 Å². The van der Waals surface area contributed by atoms with Crippen LogP contribution in [-0.4, -0.2) is 22.4 Å². The van der Waals surface area contributed by atoms with E-state index >= 15 is 0 Å². The van der Waals surface area contributed by atoms with Crippen LogP contribution in [0.1, 0.15) is 25.3 Å². The van der Waals surface area contributed by atoms with Gasteiger partial charge in [0.2, 0.25) is 0 Å². The van der Waals surface area contributed by atoms with Gasteiger partial charge in [-0.2, -0.15) is 0 Å². The van der Waals surface area contributed by atoms with Gasteiger partial charge in [-0.05, 0) is 42.0 Å². The molecule has 112 valence electrons. The summed E-state index contributed by atoms with van der Waals surface area (Å²) in [6.07, 6.45) is 2.04. The summed E-state index contributed by atoms with van der Waals surface area (Å²) in [5.41, 5.74) is 0.295. The molecule has 0 spiro atoms. The summed E-state index contributed by atoms with van der Waals surface area (Å²) >= 11 is 0. The van der Waals surface area contributed by atoms with Gasteiger partial charge in [-0.3, -0.25) is 9.69 Å². The van der Waals surface area contributed by atoms with E-state index in [1.165, 1.54) is 4.90 Å². The average molecular weight is 294 g/mol. The van der Waals surface area contributed by atoms with E-state index in [2.05, 4.69) is 5.32 Å². The van der Waals surface area contributed by atoms with Crippen LogP contribution >= 0.6 is 0 Å². The number of nitrogens with one attached hydrogen (secondary N) is 1. The number of carbonyl (C=O) groups excluding carboxylic acids is 2. The molecular formula is C18H18N2O2. The van der Waals surface area contributed by atoms with E-state index in [-0.39, 0.29) is 11.9 Å².